The Hall–Kier alpha value is -2.97. The number of hydrogen-bond acceptors (Lipinski definition) is 3. The molecule has 4 atom stereocenters. The number of benzene rings is 3. The Morgan fingerprint density at radius 1 is 0.848 bits per heavy atom. The number of aliphatic hydroxyl groups is 1. The Kier molecular flexibility index (Phi) is 8.05. The maximum atomic E-state index is 11.8. The topological polar surface area (TPSA) is 55.3 Å². The van der Waals surface area contributed by atoms with Gasteiger partial charge in [0.1, 0.15) is 29.2 Å². The molecular weight excluding hydrogens is 434 g/mol. The second-order valence-electron chi connectivity index (χ2n) is 8.40. The highest BCUT2D eigenvalue weighted by molar-refractivity contribution is 5.38. The quantitative estimate of drug-likeness (QED) is 0.565. The summed E-state index contributed by atoms with van der Waals surface area (Å²) in [6.45, 7) is 2.09. The van der Waals surface area contributed by atoms with Crippen LogP contribution in [0.3, 0.4) is 0 Å². The van der Waals surface area contributed by atoms with Gasteiger partial charge in [0.05, 0.1) is 20.1 Å². The van der Waals surface area contributed by atoms with Crippen molar-refractivity contribution in [3.05, 3.63) is 95.6 Å². The minimum absolute atomic E-state index is 0. The molecule has 172 valence electrons. The van der Waals surface area contributed by atoms with Gasteiger partial charge in [0.15, 0.2) is 0 Å². The number of rotatable bonds is 4. The van der Waals surface area contributed by atoms with Crippen LogP contribution in [0.15, 0.2) is 78.9 Å². The summed E-state index contributed by atoms with van der Waals surface area (Å²) in [6, 6.07) is 26.2. The van der Waals surface area contributed by atoms with Crippen molar-refractivity contribution in [1.29, 1.82) is 0 Å². The number of halogens is 1. The monoisotopic (exact) mass is 463 g/mol. The van der Waals surface area contributed by atoms with E-state index in [0.29, 0.717) is 6.42 Å². The van der Waals surface area contributed by atoms with Gasteiger partial charge in [-0.15, -0.1) is 0 Å². The highest BCUT2D eigenvalue weighted by atomic mass is 35.5. The molecule has 4 rings (SSSR count). The van der Waals surface area contributed by atoms with E-state index in [4.69, 9.17) is 9.47 Å². The zero-order valence-corrected chi connectivity index (χ0v) is 19.9. The number of nitrogens with two attached hydrogens (primary N) is 1. The summed E-state index contributed by atoms with van der Waals surface area (Å²) in [5, 5.41) is 14.2. The summed E-state index contributed by atoms with van der Waals surface area (Å²) in [5.74, 6) is 8.03. The molecule has 0 saturated carbocycles. The van der Waals surface area contributed by atoms with E-state index < -0.39 is 5.60 Å². The molecule has 4 nitrogen and oxygen atoms in total. The van der Waals surface area contributed by atoms with Gasteiger partial charge in [0, 0.05) is 23.1 Å². The van der Waals surface area contributed by atoms with Crippen LogP contribution in [0.4, 0.5) is 0 Å². The van der Waals surface area contributed by atoms with Gasteiger partial charge < -0.3 is 32.3 Å². The zero-order valence-electron chi connectivity index (χ0n) is 19.2. The first-order valence-corrected chi connectivity index (χ1v) is 11.0. The van der Waals surface area contributed by atoms with E-state index in [1.807, 2.05) is 54.6 Å². The summed E-state index contributed by atoms with van der Waals surface area (Å²) in [6.07, 6.45) is 0.549. The third-order valence-electron chi connectivity index (χ3n) is 6.50. The van der Waals surface area contributed by atoms with E-state index >= 15 is 0 Å². The molecule has 33 heavy (non-hydrogen) atoms. The fourth-order valence-corrected chi connectivity index (χ4v) is 4.48. The Morgan fingerprint density at radius 3 is 1.94 bits per heavy atom. The van der Waals surface area contributed by atoms with Gasteiger partial charge in [-0.1, -0.05) is 37.0 Å². The van der Waals surface area contributed by atoms with Crippen molar-refractivity contribution < 1.29 is 32.3 Å². The highest BCUT2D eigenvalue weighted by Gasteiger charge is 2.48. The summed E-state index contributed by atoms with van der Waals surface area (Å²) in [5.41, 5.74) is 2.08. The predicted molar refractivity (Wildman–Crippen MR) is 125 cm³/mol. The zero-order chi connectivity index (χ0) is 22.6. The molecule has 0 bridgehead atoms. The van der Waals surface area contributed by atoms with Gasteiger partial charge >= 0.3 is 0 Å². The first-order valence-electron chi connectivity index (χ1n) is 11.0. The lowest BCUT2D eigenvalue weighted by atomic mass is 9.72. The molecule has 3 N–H and O–H groups in total. The van der Waals surface area contributed by atoms with Crippen molar-refractivity contribution in [2.75, 3.05) is 14.2 Å². The van der Waals surface area contributed by atoms with Crippen LogP contribution in [0.2, 0.25) is 0 Å². The number of ether oxygens (including phenoxy) is 2. The van der Waals surface area contributed by atoms with Crippen molar-refractivity contribution in [2.24, 2.45) is 5.92 Å². The predicted octanol–water partition coefficient (Wildman–Crippen LogP) is 0.876. The van der Waals surface area contributed by atoms with Gasteiger partial charge in [-0.3, -0.25) is 0 Å². The molecule has 0 radical (unpaired) electrons. The molecule has 3 aromatic rings. The van der Waals surface area contributed by atoms with Crippen molar-refractivity contribution >= 4 is 0 Å². The average Bonchev–Trinajstić information content (AvgIpc) is 2.85. The fourth-order valence-electron chi connectivity index (χ4n) is 4.48. The normalized spacial score (nSPS) is 24.1. The maximum absolute atomic E-state index is 11.8. The van der Waals surface area contributed by atoms with Crippen molar-refractivity contribution in [3.8, 4) is 23.3 Å². The van der Waals surface area contributed by atoms with Crippen LogP contribution in [0.1, 0.15) is 42.1 Å². The third-order valence-corrected chi connectivity index (χ3v) is 6.50. The first kappa shape index (κ1) is 24.7. The molecule has 4 unspecified atom stereocenters. The summed E-state index contributed by atoms with van der Waals surface area (Å²) < 4.78 is 10.7. The lowest BCUT2D eigenvalue weighted by molar-refractivity contribution is -0.755. The molecule has 0 amide bonds. The number of quaternary nitrogens is 1. The Morgan fingerprint density at radius 2 is 1.39 bits per heavy atom. The molecule has 0 spiro atoms. The standard InChI is InChI=1S/C28H29NO3.ClH/c1-20-27(23-11-15-25(32-3)16-12-23)29-26(22-9-13-24(31-2)14-10-22)19-28(20,30)18-17-21-7-5-4-6-8-21;/h4-16,20,26-27,29-30H,19H2,1-3H3;1H. The van der Waals surface area contributed by atoms with E-state index in [0.717, 1.165) is 28.2 Å². The molecule has 3 aromatic carbocycles. The molecule has 1 saturated heterocycles. The highest BCUT2D eigenvalue weighted by Crippen LogP contribution is 2.39. The molecule has 1 aliphatic heterocycles. The van der Waals surface area contributed by atoms with Crippen LogP contribution in [0.5, 0.6) is 11.5 Å². The van der Waals surface area contributed by atoms with E-state index in [1.54, 1.807) is 14.2 Å². The maximum Gasteiger partial charge on any atom is 0.140 e. The van der Waals surface area contributed by atoms with Gasteiger partial charge in [0.2, 0.25) is 0 Å². The van der Waals surface area contributed by atoms with Crippen LogP contribution in [-0.4, -0.2) is 24.9 Å². The molecule has 0 aromatic heterocycles. The lowest BCUT2D eigenvalue weighted by Gasteiger charge is -2.42. The third kappa shape index (κ3) is 5.51. The smallest absolute Gasteiger partial charge is 0.140 e. The summed E-state index contributed by atoms with van der Waals surface area (Å²) in [7, 11) is 3.34. The molecule has 0 aliphatic carbocycles. The van der Waals surface area contributed by atoms with Crippen molar-refractivity contribution in [3.63, 3.8) is 0 Å². The van der Waals surface area contributed by atoms with Gasteiger partial charge in [0.25, 0.3) is 0 Å². The van der Waals surface area contributed by atoms with Crippen LogP contribution in [-0.2, 0) is 0 Å². The van der Waals surface area contributed by atoms with Gasteiger partial charge in [-0.25, -0.2) is 0 Å². The van der Waals surface area contributed by atoms with Crippen molar-refractivity contribution in [2.45, 2.75) is 31.0 Å². The Balaban J connectivity index is 0.00000306. The van der Waals surface area contributed by atoms with E-state index in [9.17, 15) is 5.11 Å². The molecular formula is C28H30ClNO3. The number of piperidine rings is 1. The van der Waals surface area contributed by atoms with Gasteiger partial charge in [-0.2, -0.15) is 0 Å². The summed E-state index contributed by atoms with van der Waals surface area (Å²) >= 11 is 0. The fraction of sp³-hybridized carbons (Fsp3) is 0.286. The molecule has 1 heterocycles. The minimum atomic E-state index is -1.13. The SMILES string of the molecule is COc1ccc(C2CC(O)(C#Cc3ccccc3)C(C)C(c3ccc(OC)cc3)[NH2+]2)cc1.[Cl-]. The van der Waals surface area contributed by atoms with Crippen LogP contribution in [0, 0.1) is 17.8 Å². The van der Waals surface area contributed by atoms with Crippen LogP contribution in [0.25, 0.3) is 0 Å². The molecule has 5 heteroatoms. The number of hydrogen-bond donors (Lipinski definition) is 2. The minimum Gasteiger partial charge on any atom is -1.00 e. The molecule has 1 aliphatic rings. The van der Waals surface area contributed by atoms with E-state index in [-0.39, 0.29) is 30.4 Å². The Bertz CT molecular complexity index is 1090. The van der Waals surface area contributed by atoms with Crippen molar-refractivity contribution in [1.82, 2.24) is 0 Å². The van der Waals surface area contributed by atoms with Crippen LogP contribution >= 0.6 is 0 Å². The second kappa shape index (κ2) is 10.8. The average molecular weight is 464 g/mol. The Labute approximate surface area is 202 Å². The van der Waals surface area contributed by atoms with E-state index in [2.05, 4.69) is 48.3 Å². The number of methoxy groups -OCH3 is 2. The van der Waals surface area contributed by atoms with Gasteiger partial charge in [-0.05, 0) is 60.7 Å². The largest absolute Gasteiger partial charge is 1.00 e. The first-order chi connectivity index (χ1) is 15.5. The second-order valence-corrected chi connectivity index (χ2v) is 8.40. The molecule has 1 fully saturated rings. The van der Waals surface area contributed by atoms with E-state index in [1.165, 1.54) is 0 Å². The lowest BCUT2D eigenvalue weighted by Crippen LogP contribution is -3.00. The summed E-state index contributed by atoms with van der Waals surface area (Å²) in [4.78, 5) is 0. The van der Waals surface area contributed by atoms with Crippen LogP contribution < -0.4 is 27.2 Å².